The second-order valence-electron chi connectivity index (χ2n) is 3.16. The molecule has 0 aromatic heterocycles. The quantitative estimate of drug-likeness (QED) is 0.570. The maximum absolute atomic E-state index is 11.2. The molecule has 0 radical (unpaired) electrons. The van der Waals surface area contributed by atoms with Gasteiger partial charge in [0.2, 0.25) is 0 Å². The molecule has 0 aliphatic heterocycles. The van der Waals surface area contributed by atoms with Crippen LogP contribution in [0.1, 0.15) is 26.2 Å². The number of ether oxygens (including phenoxy) is 1. The van der Waals surface area contributed by atoms with Crippen molar-refractivity contribution in [2.45, 2.75) is 37.6 Å². The van der Waals surface area contributed by atoms with Crippen molar-refractivity contribution in [1.82, 2.24) is 0 Å². The van der Waals surface area contributed by atoms with Crippen LogP contribution in [0.25, 0.3) is 0 Å². The normalized spacial score (nSPS) is 42.2. The van der Waals surface area contributed by atoms with Crippen LogP contribution in [0.5, 0.6) is 0 Å². The number of Topliss-reactive ketones (excluding diaryl/α,β-unsaturated/α-hetero) is 1. The number of hydrogen-bond donors (Lipinski definition) is 2. The predicted molar refractivity (Wildman–Crippen MR) is 41.4 cm³/mol. The smallest absolute Gasteiger partial charge is 0.256 e. The molecule has 1 fully saturated rings. The Labute approximate surface area is 71.2 Å². The van der Waals surface area contributed by atoms with Crippen molar-refractivity contribution in [3.8, 4) is 0 Å². The summed E-state index contributed by atoms with van der Waals surface area (Å²) in [5.41, 5.74) is -1.40. The number of rotatable bonds is 2. The van der Waals surface area contributed by atoms with Crippen LogP contribution in [0.4, 0.5) is 0 Å². The lowest BCUT2D eigenvalue weighted by molar-refractivity contribution is -0.258. The van der Waals surface area contributed by atoms with Gasteiger partial charge in [-0.25, -0.2) is 0 Å². The zero-order valence-electron chi connectivity index (χ0n) is 7.33. The van der Waals surface area contributed by atoms with Crippen LogP contribution in [0.2, 0.25) is 0 Å². The molecule has 4 heteroatoms. The van der Waals surface area contributed by atoms with Gasteiger partial charge < -0.3 is 14.9 Å². The summed E-state index contributed by atoms with van der Waals surface area (Å²) in [6.45, 7) is 1.71. The fourth-order valence-electron chi connectivity index (χ4n) is 1.64. The van der Waals surface area contributed by atoms with E-state index >= 15 is 0 Å². The third kappa shape index (κ3) is 0.990. The third-order valence-electron chi connectivity index (χ3n) is 2.65. The Hall–Kier alpha value is -0.450. The Morgan fingerprint density at radius 1 is 1.58 bits per heavy atom. The van der Waals surface area contributed by atoms with Gasteiger partial charge in [-0.3, -0.25) is 4.79 Å². The van der Waals surface area contributed by atoms with E-state index in [4.69, 9.17) is 0 Å². The maximum Gasteiger partial charge on any atom is 0.256 e. The lowest BCUT2D eigenvalue weighted by Crippen LogP contribution is -2.55. The van der Waals surface area contributed by atoms with Gasteiger partial charge in [0.05, 0.1) is 0 Å². The highest BCUT2D eigenvalue weighted by molar-refractivity contribution is 5.89. The fourth-order valence-corrected chi connectivity index (χ4v) is 1.64. The summed E-state index contributed by atoms with van der Waals surface area (Å²) in [5, 5.41) is 19.5. The van der Waals surface area contributed by atoms with Crippen molar-refractivity contribution >= 4 is 5.78 Å². The first kappa shape index (κ1) is 9.64. The molecule has 4 nitrogen and oxygen atoms in total. The molecule has 2 N–H and O–H groups in total. The summed E-state index contributed by atoms with van der Waals surface area (Å²) in [5.74, 6) is -2.42. The maximum atomic E-state index is 11.2. The highest BCUT2D eigenvalue weighted by Crippen LogP contribution is 2.39. The molecule has 1 unspecified atom stereocenters. The fraction of sp³-hybridized carbons (Fsp3) is 0.875. The predicted octanol–water partition coefficient (Wildman–Crippen LogP) is -0.175. The van der Waals surface area contributed by atoms with Gasteiger partial charge in [-0.2, -0.15) is 0 Å². The number of carbonyl (C=O) groups is 1. The van der Waals surface area contributed by atoms with Crippen LogP contribution in [-0.4, -0.2) is 34.5 Å². The van der Waals surface area contributed by atoms with Gasteiger partial charge in [-0.05, 0) is 12.8 Å². The zero-order chi connectivity index (χ0) is 9.41. The van der Waals surface area contributed by atoms with Crippen LogP contribution >= 0.6 is 0 Å². The first-order valence-corrected chi connectivity index (χ1v) is 4.03. The number of ketones is 1. The molecule has 0 spiro atoms. The van der Waals surface area contributed by atoms with Gasteiger partial charge in [0.1, 0.15) is 5.60 Å². The van der Waals surface area contributed by atoms with Crippen LogP contribution in [0.15, 0.2) is 0 Å². The molecule has 1 aliphatic carbocycles. The largest absolute Gasteiger partial charge is 0.384 e. The molecule has 12 heavy (non-hydrogen) atoms. The van der Waals surface area contributed by atoms with E-state index in [1.54, 1.807) is 6.92 Å². The minimum atomic E-state index is -1.98. The monoisotopic (exact) mass is 174 g/mol. The number of hydrogen-bond acceptors (Lipinski definition) is 4. The van der Waals surface area contributed by atoms with Gasteiger partial charge in [0.15, 0.2) is 5.78 Å². The Kier molecular flexibility index (Phi) is 2.25. The molecule has 0 saturated heterocycles. The van der Waals surface area contributed by atoms with Crippen molar-refractivity contribution in [3.63, 3.8) is 0 Å². The molecule has 0 amide bonds. The average Bonchev–Trinajstić information content (AvgIpc) is 2.31. The molecular formula is C8H14O4. The molecule has 1 saturated carbocycles. The van der Waals surface area contributed by atoms with Crippen molar-refractivity contribution in [3.05, 3.63) is 0 Å². The standard InChI is InChI=1S/C8H14O4/c1-3-7(10)5-4-6(9)8(7,11)12-2/h10-11H,3-5H2,1-2H3/t7-,8?/m0/s1. The highest BCUT2D eigenvalue weighted by Gasteiger charge is 2.58. The van der Waals surface area contributed by atoms with Crippen molar-refractivity contribution in [2.24, 2.45) is 0 Å². The molecule has 2 atom stereocenters. The van der Waals surface area contributed by atoms with E-state index in [9.17, 15) is 15.0 Å². The van der Waals surface area contributed by atoms with Gasteiger partial charge in [0.25, 0.3) is 5.79 Å². The summed E-state index contributed by atoms with van der Waals surface area (Å²) in [6.07, 6.45) is 0.754. The molecule has 0 bridgehead atoms. The van der Waals surface area contributed by atoms with Gasteiger partial charge in [-0.15, -0.1) is 0 Å². The second kappa shape index (κ2) is 2.80. The first-order chi connectivity index (χ1) is 5.50. The van der Waals surface area contributed by atoms with E-state index in [-0.39, 0.29) is 12.8 Å². The number of carbonyl (C=O) groups excluding carboxylic acids is 1. The van der Waals surface area contributed by atoms with E-state index in [1.165, 1.54) is 7.11 Å². The molecule has 1 aliphatic rings. The lowest BCUT2D eigenvalue weighted by atomic mass is 9.93. The van der Waals surface area contributed by atoms with Crippen LogP contribution in [0, 0.1) is 0 Å². The van der Waals surface area contributed by atoms with E-state index in [0.29, 0.717) is 6.42 Å². The molecule has 1 rings (SSSR count). The summed E-state index contributed by atoms with van der Waals surface area (Å²) in [4.78, 5) is 11.2. The van der Waals surface area contributed by atoms with E-state index < -0.39 is 17.2 Å². The van der Waals surface area contributed by atoms with Gasteiger partial charge >= 0.3 is 0 Å². The first-order valence-electron chi connectivity index (χ1n) is 4.03. The molecule has 0 aromatic rings. The minimum absolute atomic E-state index is 0.175. The summed E-state index contributed by atoms with van der Waals surface area (Å²) < 4.78 is 4.67. The summed E-state index contributed by atoms with van der Waals surface area (Å²) in [6, 6.07) is 0. The molecular weight excluding hydrogens is 160 g/mol. The zero-order valence-corrected chi connectivity index (χ0v) is 7.33. The molecule has 0 heterocycles. The number of methoxy groups -OCH3 is 1. The highest BCUT2D eigenvalue weighted by atomic mass is 16.6. The minimum Gasteiger partial charge on any atom is -0.384 e. The Morgan fingerprint density at radius 3 is 2.50 bits per heavy atom. The van der Waals surface area contributed by atoms with Crippen LogP contribution in [0.3, 0.4) is 0 Å². The van der Waals surface area contributed by atoms with Crippen molar-refractivity contribution in [1.29, 1.82) is 0 Å². The van der Waals surface area contributed by atoms with Crippen molar-refractivity contribution in [2.75, 3.05) is 7.11 Å². The lowest BCUT2D eigenvalue weighted by Gasteiger charge is -2.34. The van der Waals surface area contributed by atoms with Crippen molar-refractivity contribution < 1.29 is 19.7 Å². The second-order valence-corrected chi connectivity index (χ2v) is 3.16. The van der Waals surface area contributed by atoms with Crippen LogP contribution in [-0.2, 0) is 9.53 Å². The average molecular weight is 174 g/mol. The Balaban J connectivity index is 2.99. The van der Waals surface area contributed by atoms with Gasteiger partial charge in [-0.1, -0.05) is 6.92 Å². The Bertz CT molecular complexity index is 203. The van der Waals surface area contributed by atoms with E-state index in [1.807, 2.05) is 0 Å². The third-order valence-corrected chi connectivity index (χ3v) is 2.65. The summed E-state index contributed by atoms with van der Waals surface area (Å²) >= 11 is 0. The van der Waals surface area contributed by atoms with Crippen LogP contribution < -0.4 is 0 Å². The molecule has 0 aromatic carbocycles. The number of aliphatic hydroxyl groups is 2. The Morgan fingerprint density at radius 2 is 2.17 bits per heavy atom. The van der Waals surface area contributed by atoms with E-state index in [0.717, 1.165) is 0 Å². The SMILES string of the molecule is CC[C@]1(O)CCC(=O)C1(O)OC. The van der Waals surface area contributed by atoms with E-state index in [2.05, 4.69) is 4.74 Å². The molecule has 70 valence electrons. The summed E-state index contributed by atoms with van der Waals surface area (Å²) in [7, 11) is 1.23. The topological polar surface area (TPSA) is 66.8 Å². The van der Waals surface area contributed by atoms with Gasteiger partial charge in [0, 0.05) is 13.5 Å².